The van der Waals surface area contributed by atoms with Crippen LogP contribution in [0.4, 0.5) is 5.69 Å². The molecule has 2 aromatic carbocycles. The second-order valence-corrected chi connectivity index (χ2v) is 5.28. The van der Waals surface area contributed by atoms with Gasteiger partial charge in [0.2, 0.25) is 0 Å². The van der Waals surface area contributed by atoms with Gasteiger partial charge in [-0.1, -0.05) is 12.1 Å². The first kappa shape index (κ1) is 15.9. The highest BCUT2D eigenvalue weighted by Crippen LogP contribution is 2.30. The lowest BCUT2D eigenvalue weighted by Gasteiger charge is -2.14. The molecule has 0 saturated carbocycles. The molecule has 2 aromatic rings. The molecule has 0 aromatic heterocycles. The fourth-order valence-electron chi connectivity index (χ4n) is 2.28. The molecular weight excluding hydrogens is 278 g/mol. The molecule has 0 saturated heterocycles. The highest BCUT2D eigenvalue weighted by molar-refractivity contribution is 6.05. The molecule has 0 radical (unpaired) electrons. The first-order valence-corrected chi connectivity index (χ1v) is 7.07. The number of benzene rings is 2. The van der Waals surface area contributed by atoms with Gasteiger partial charge in [-0.2, -0.15) is 0 Å². The fourth-order valence-corrected chi connectivity index (χ4v) is 2.28. The summed E-state index contributed by atoms with van der Waals surface area (Å²) in [4.78, 5) is 12.5. The number of nitrogens with one attached hydrogen (secondary N) is 1. The zero-order valence-electron chi connectivity index (χ0n) is 13.6. The van der Waals surface area contributed by atoms with Crippen LogP contribution in [0, 0.1) is 20.8 Å². The van der Waals surface area contributed by atoms with Gasteiger partial charge in [0.05, 0.1) is 14.2 Å². The molecule has 0 fully saturated rings. The molecule has 2 rings (SSSR count). The monoisotopic (exact) mass is 299 g/mol. The van der Waals surface area contributed by atoms with Crippen molar-refractivity contribution in [3.05, 3.63) is 52.6 Å². The number of carbonyl (C=O) groups excluding carboxylic acids is 1. The predicted molar refractivity (Wildman–Crippen MR) is 88.2 cm³/mol. The second kappa shape index (κ2) is 6.52. The Bertz CT molecular complexity index is 682. The van der Waals surface area contributed by atoms with Gasteiger partial charge in [-0.05, 0) is 50.1 Å². The Kier molecular flexibility index (Phi) is 4.71. The molecule has 0 unspecified atom stereocenters. The van der Waals surface area contributed by atoms with E-state index in [9.17, 15) is 4.79 Å². The van der Waals surface area contributed by atoms with E-state index in [0.29, 0.717) is 17.1 Å². The normalized spacial score (nSPS) is 10.2. The number of ether oxygens (including phenoxy) is 2. The fraction of sp³-hybridized carbons (Fsp3) is 0.278. The summed E-state index contributed by atoms with van der Waals surface area (Å²) in [6, 6.07) is 9.40. The Hall–Kier alpha value is -2.49. The third kappa shape index (κ3) is 3.22. The van der Waals surface area contributed by atoms with Crippen molar-refractivity contribution >= 4 is 11.6 Å². The average Bonchev–Trinajstić information content (AvgIpc) is 2.51. The summed E-state index contributed by atoms with van der Waals surface area (Å²) in [6.45, 7) is 5.85. The Morgan fingerprint density at radius 2 is 1.55 bits per heavy atom. The Morgan fingerprint density at radius 3 is 2.09 bits per heavy atom. The SMILES string of the molecule is COc1cc(C(=O)Nc2cc(C)ccc2C)cc(OC)c1C. The van der Waals surface area contributed by atoms with Gasteiger partial charge in [0.15, 0.2) is 0 Å². The van der Waals surface area contributed by atoms with E-state index in [0.717, 1.165) is 22.4 Å². The van der Waals surface area contributed by atoms with Crippen molar-refractivity contribution in [1.82, 2.24) is 0 Å². The molecule has 116 valence electrons. The largest absolute Gasteiger partial charge is 0.496 e. The van der Waals surface area contributed by atoms with Crippen molar-refractivity contribution in [2.24, 2.45) is 0 Å². The summed E-state index contributed by atoms with van der Waals surface area (Å²) in [5, 5.41) is 2.94. The minimum absolute atomic E-state index is 0.190. The lowest BCUT2D eigenvalue weighted by Crippen LogP contribution is -2.13. The van der Waals surface area contributed by atoms with Gasteiger partial charge in [0.25, 0.3) is 5.91 Å². The molecular formula is C18H21NO3. The van der Waals surface area contributed by atoms with Crippen LogP contribution in [0.2, 0.25) is 0 Å². The van der Waals surface area contributed by atoms with Gasteiger partial charge < -0.3 is 14.8 Å². The van der Waals surface area contributed by atoms with Crippen molar-refractivity contribution in [2.45, 2.75) is 20.8 Å². The molecule has 0 atom stereocenters. The van der Waals surface area contributed by atoms with Gasteiger partial charge in [0.1, 0.15) is 11.5 Å². The predicted octanol–water partition coefficient (Wildman–Crippen LogP) is 3.88. The Morgan fingerprint density at radius 1 is 0.955 bits per heavy atom. The molecule has 0 aliphatic carbocycles. The van der Waals surface area contributed by atoms with E-state index >= 15 is 0 Å². The van der Waals surface area contributed by atoms with E-state index < -0.39 is 0 Å². The average molecular weight is 299 g/mol. The molecule has 0 spiro atoms. The Labute approximate surface area is 131 Å². The van der Waals surface area contributed by atoms with Crippen LogP contribution in [0.3, 0.4) is 0 Å². The summed E-state index contributed by atoms with van der Waals surface area (Å²) in [5.74, 6) is 1.07. The molecule has 4 heteroatoms. The number of hydrogen-bond donors (Lipinski definition) is 1. The van der Waals surface area contributed by atoms with Gasteiger partial charge >= 0.3 is 0 Å². The van der Waals surface area contributed by atoms with Gasteiger partial charge in [-0.25, -0.2) is 0 Å². The maximum atomic E-state index is 12.5. The molecule has 0 aliphatic rings. The summed E-state index contributed by atoms with van der Waals surface area (Å²) in [7, 11) is 3.16. The molecule has 0 aliphatic heterocycles. The van der Waals surface area contributed by atoms with Crippen LogP contribution in [0.1, 0.15) is 27.0 Å². The van der Waals surface area contributed by atoms with Crippen molar-refractivity contribution < 1.29 is 14.3 Å². The van der Waals surface area contributed by atoms with E-state index in [1.54, 1.807) is 26.4 Å². The smallest absolute Gasteiger partial charge is 0.255 e. The molecule has 4 nitrogen and oxygen atoms in total. The molecule has 0 heterocycles. The summed E-state index contributed by atoms with van der Waals surface area (Å²) in [6.07, 6.45) is 0. The number of carbonyl (C=O) groups is 1. The first-order valence-electron chi connectivity index (χ1n) is 7.07. The summed E-state index contributed by atoms with van der Waals surface area (Å²) < 4.78 is 10.6. The summed E-state index contributed by atoms with van der Waals surface area (Å²) >= 11 is 0. The number of hydrogen-bond acceptors (Lipinski definition) is 3. The van der Waals surface area contributed by atoms with Crippen LogP contribution in [-0.2, 0) is 0 Å². The van der Waals surface area contributed by atoms with Gasteiger partial charge in [-0.15, -0.1) is 0 Å². The number of aryl methyl sites for hydroxylation is 2. The van der Waals surface area contributed by atoms with E-state index in [2.05, 4.69) is 5.32 Å². The topological polar surface area (TPSA) is 47.6 Å². The minimum atomic E-state index is -0.190. The standard InChI is InChI=1S/C18H21NO3/c1-11-6-7-12(2)15(8-11)19-18(20)14-9-16(21-4)13(3)17(10-14)22-5/h6-10H,1-5H3,(H,19,20). The number of amides is 1. The van der Waals surface area contributed by atoms with Crippen LogP contribution in [0.25, 0.3) is 0 Å². The van der Waals surface area contributed by atoms with Crippen molar-refractivity contribution in [1.29, 1.82) is 0 Å². The first-order chi connectivity index (χ1) is 10.5. The van der Waals surface area contributed by atoms with Crippen LogP contribution >= 0.6 is 0 Å². The molecule has 0 bridgehead atoms. The second-order valence-electron chi connectivity index (χ2n) is 5.28. The molecule has 1 amide bonds. The lowest BCUT2D eigenvalue weighted by atomic mass is 10.1. The number of anilines is 1. The zero-order valence-corrected chi connectivity index (χ0v) is 13.6. The van der Waals surface area contributed by atoms with Crippen molar-refractivity contribution in [3.63, 3.8) is 0 Å². The van der Waals surface area contributed by atoms with E-state index in [1.165, 1.54) is 0 Å². The molecule has 22 heavy (non-hydrogen) atoms. The van der Waals surface area contributed by atoms with E-state index in [-0.39, 0.29) is 5.91 Å². The van der Waals surface area contributed by atoms with Crippen molar-refractivity contribution in [2.75, 3.05) is 19.5 Å². The van der Waals surface area contributed by atoms with Crippen LogP contribution in [0.15, 0.2) is 30.3 Å². The molecule has 1 N–H and O–H groups in total. The zero-order chi connectivity index (χ0) is 16.3. The van der Waals surface area contributed by atoms with Gasteiger partial charge in [0, 0.05) is 16.8 Å². The van der Waals surface area contributed by atoms with Crippen LogP contribution in [-0.4, -0.2) is 20.1 Å². The van der Waals surface area contributed by atoms with E-state index in [1.807, 2.05) is 39.0 Å². The lowest BCUT2D eigenvalue weighted by molar-refractivity contribution is 0.102. The van der Waals surface area contributed by atoms with Crippen LogP contribution < -0.4 is 14.8 Å². The van der Waals surface area contributed by atoms with Crippen LogP contribution in [0.5, 0.6) is 11.5 Å². The minimum Gasteiger partial charge on any atom is -0.496 e. The number of methoxy groups -OCH3 is 2. The van der Waals surface area contributed by atoms with Gasteiger partial charge in [-0.3, -0.25) is 4.79 Å². The highest BCUT2D eigenvalue weighted by Gasteiger charge is 2.14. The highest BCUT2D eigenvalue weighted by atomic mass is 16.5. The maximum Gasteiger partial charge on any atom is 0.255 e. The Balaban J connectivity index is 2.35. The van der Waals surface area contributed by atoms with E-state index in [4.69, 9.17) is 9.47 Å². The number of rotatable bonds is 4. The third-order valence-corrected chi connectivity index (χ3v) is 3.66. The summed E-state index contributed by atoms with van der Waals surface area (Å²) in [5.41, 5.74) is 4.29. The third-order valence-electron chi connectivity index (χ3n) is 3.66. The maximum absolute atomic E-state index is 12.5. The quantitative estimate of drug-likeness (QED) is 0.932. The van der Waals surface area contributed by atoms with Crippen molar-refractivity contribution in [3.8, 4) is 11.5 Å².